The molecular formula is C10H20O5. The molecule has 0 fully saturated rings. The lowest BCUT2D eigenvalue weighted by atomic mass is 10.6. The van der Waals surface area contributed by atoms with Crippen LogP contribution in [0.15, 0.2) is 0 Å². The third-order valence-corrected chi connectivity index (χ3v) is 1.48. The summed E-state index contributed by atoms with van der Waals surface area (Å²) >= 11 is 0. The summed E-state index contributed by atoms with van der Waals surface area (Å²) in [6.45, 7) is 7.13. The number of ether oxygens (including phenoxy) is 4. The van der Waals surface area contributed by atoms with Gasteiger partial charge in [0.05, 0.1) is 13.2 Å². The Morgan fingerprint density at radius 1 is 1.07 bits per heavy atom. The van der Waals surface area contributed by atoms with Crippen molar-refractivity contribution in [3.63, 3.8) is 0 Å². The molecule has 0 aliphatic rings. The van der Waals surface area contributed by atoms with Crippen molar-refractivity contribution in [2.24, 2.45) is 0 Å². The molecule has 0 aromatic carbocycles. The second-order valence-corrected chi connectivity index (χ2v) is 2.66. The highest BCUT2D eigenvalue weighted by Crippen LogP contribution is 1.96. The molecule has 0 aliphatic carbocycles. The summed E-state index contributed by atoms with van der Waals surface area (Å²) in [5.74, 6) is -0.371. The van der Waals surface area contributed by atoms with Gasteiger partial charge in [-0.1, -0.05) is 0 Å². The number of carbonyl (C=O) groups is 1. The number of esters is 1. The standard InChI is InChI=1S/C10H20O5/c1-4-13-9(11)7-12-8-10(14-5-2)15-6-3/h10H,4-8H2,1-3H3. The zero-order chi connectivity index (χ0) is 11.5. The van der Waals surface area contributed by atoms with E-state index in [2.05, 4.69) is 0 Å². The second kappa shape index (κ2) is 9.89. The van der Waals surface area contributed by atoms with E-state index in [0.717, 1.165) is 0 Å². The fourth-order valence-electron chi connectivity index (χ4n) is 0.957. The van der Waals surface area contributed by atoms with Crippen molar-refractivity contribution in [1.29, 1.82) is 0 Å². The molecule has 0 saturated heterocycles. The summed E-state index contributed by atoms with van der Waals surface area (Å²) < 4.78 is 20.2. The average Bonchev–Trinajstić information content (AvgIpc) is 2.19. The van der Waals surface area contributed by atoms with Crippen molar-refractivity contribution >= 4 is 5.97 Å². The van der Waals surface area contributed by atoms with Crippen LogP contribution < -0.4 is 0 Å². The fraction of sp³-hybridized carbons (Fsp3) is 0.900. The third-order valence-electron chi connectivity index (χ3n) is 1.48. The Hall–Kier alpha value is -0.650. The van der Waals surface area contributed by atoms with Crippen LogP contribution in [0.5, 0.6) is 0 Å². The highest BCUT2D eigenvalue weighted by atomic mass is 16.7. The van der Waals surface area contributed by atoms with Gasteiger partial charge in [-0.15, -0.1) is 0 Å². The van der Waals surface area contributed by atoms with Crippen LogP contribution in [-0.2, 0) is 23.7 Å². The predicted octanol–water partition coefficient (Wildman–Crippen LogP) is 0.965. The van der Waals surface area contributed by atoms with E-state index in [1.165, 1.54) is 0 Å². The first-order chi connectivity index (χ1) is 7.24. The van der Waals surface area contributed by atoms with Crippen LogP contribution in [0.1, 0.15) is 20.8 Å². The summed E-state index contributed by atoms with van der Waals surface area (Å²) in [5.41, 5.74) is 0. The van der Waals surface area contributed by atoms with Gasteiger partial charge in [0.1, 0.15) is 6.61 Å². The molecule has 0 bridgehead atoms. The van der Waals surface area contributed by atoms with E-state index in [9.17, 15) is 4.79 Å². The maximum atomic E-state index is 10.9. The second-order valence-electron chi connectivity index (χ2n) is 2.66. The van der Waals surface area contributed by atoms with Crippen molar-refractivity contribution < 1.29 is 23.7 Å². The Morgan fingerprint density at radius 3 is 2.13 bits per heavy atom. The van der Waals surface area contributed by atoms with Crippen molar-refractivity contribution in [2.75, 3.05) is 33.0 Å². The van der Waals surface area contributed by atoms with Crippen LogP contribution in [-0.4, -0.2) is 45.3 Å². The fourth-order valence-corrected chi connectivity index (χ4v) is 0.957. The van der Waals surface area contributed by atoms with Gasteiger partial charge in [-0.3, -0.25) is 0 Å². The molecule has 0 saturated carbocycles. The topological polar surface area (TPSA) is 54.0 Å². The van der Waals surface area contributed by atoms with Crippen LogP contribution in [0.3, 0.4) is 0 Å². The summed E-state index contributed by atoms with van der Waals surface area (Å²) in [4.78, 5) is 10.9. The van der Waals surface area contributed by atoms with Gasteiger partial charge in [-0.25, -0.2) is 4.79 Å². The Morgan fingerprint density at radius 2 is 1.67 bits per heavy atom. The van der Waals surface area contributed by atoms with Crippen LogP contribution in [0.25, 0.3) is 0 Å². The molecule has 0 aliphatic heterocycles. The van der Waals surface area contributed by atoms with E-state index in [4.69, 9.17) is 18.9 Å². The lowest BCUT2D eigenvalue weighted by Gasteiger charge is -2.16. The molecular weight excluding hydrogens is 200 g/mol. The van der Waals surface area contributed by atoms with Gasteiger partial charge in [0, 0.05) is 13.2 Å². The van der Waals surface area contributed by atoms with Crippen LogP contribution in [0.4, 0.5) is 0 Å². The number of rotatable bonds is 9. The van der Waals surface area contributed by atoms with Crippen molar-refractivity contribution in [3.05, 3.63) is 0 Å². The normalized spacial score (nSPS) is 10.7. The molecule has 0 radical (unpaired) electrons. The van der Waals surface area contributed by atoms with Gasteiger partial charge < -0.3 is 18.9 Å². The van der Waals surface area contributed by atoms with Crippen molar-refractivity contribution in [2.45, 2.75) is 27.1 Å². The zero-order valence-corrected chi connectivity index (χ0v) is 9.65. The average molecular weight is 220 g/mol. The van der Waals surface area contributed by atoms with E-state index >= 15 is 0 Å². The Bertz CT molecular complexity index is 154. The zero-order valence-electron chi connectivity index (χ0n) is 9.65. The van der Waals surface area contributed by atoms with E-state index in [0.29, 0.717) is 19.8 Å². The number of hydrogen-bond acceptors (Lipinski definition) is 5. The van der Waals surface area contributed by atoms with Crippen molar-refractivity contribution in [1.82, 2.24) is 0 Å². The first-order valence-electron chi connectivity index (χ1n) is 5.21. The van der Waals surface area contributed by atoms with E-state index < -0.39 is 6.29 Å². The van der Waals surface area contributed by atoms with Crippen LogP contribution in [0, 0.1) is 0 Å². The maximum Gasteiger partial charge on any atom is 0.332 e. The van der Waals surface area contributed by atoms with Gasteiger partial charge in [-0.2, -0.15) is 0 Å². The van der Waals surface area contributed by atoms with E-state index in [1.807, 2.05) is 13.8 Å². The smallest absolute Gasteiger partial charge is 0.332 e. The number of hydrogen-bond donors (Lipinski definition) is 0. The highest BCUT2D eigenvalue weighted by Gasteiger charge is 2.09. The van der Waals surface area contributed by atoms with E-state index in [-0.39, 0.29) is 19.2 Å². The largest absolute Gasteiger partial charge is 0.464 e. The first-order valence-corrected chi connectivity index (χ1v) is 5.21. The monoisotopic (exact) mass is 220 g/mol. The van der Waals surface area contributed by atoms with Gasteiger partial charge in [-0.05, 0) is 20.8 Å². The van der Waals surface area contributed by atoms with Gasteiger partial charge in [0.25, 0.3) is 0 Å². The molecule has 5 nitrogen and oxygen atoms in total. The molecule has 0 amide bonds. The molecule has 0 aromatic heterocycles. The van der Waals surface area contributed by atoms with Crippen LogP contribution in [0.2, 0.25) is 0 Å². The third kappa shape index (κ3) is 8.35. The van der Waals surface area contributed by atoms with Crippen LogP contribution >= 0.6 is 0 Å². The predicted molar refractivity (Wildman–Crippen MR) is 54.5 cm³/mol. The van der Waals surface area contributed by atoms with Gasteiger partial charge >= 0.3 is 5.97 Å². The summed E-state index contributed by atoms with van der Waals surface area (Å²) in [5, 5.41) is 0. The Balaban J connectivity index is 3.55. The molecule has 0 rings (SSSR count). The number of carbonyl (C=O) groups excluding carboxylic acids is 1. The van der Waals surface area contributed by atoms with Gasteiger partial charge in [0.2, 0.25) is 0 Å². The summed E-state index contributed by atoms with van der Waals surface area (Å²) in [6.07, 6.45) is -0.408. The van der Waals surface area contributed by atoms with Crippen molar-refractivity contribution in [3.8, 4) is 0 Å². The molecule has 5 heteroatoms. The summed E-state index contributed by atoms with van der Waals surface area (Å²) in [7, 11) is 0. The molecule has 0 N–H and O–H groups in total. The molecule has 15 heavy (non-hydrogen) atoms. The lowest BCUT2D eigenvalue weighted by Crippen LogP contribution is -2.25. The minimum atomic E-state index is -0.408. The minimum Gasteiger partial charge on any atom is -0.464 e. The maximum absolute atomic E-state index is 10.9. The Labute approximate surface area is 90.6 Å². The molecule has 0 atom stereocenters. The molecule has 0 unspecified atom stereocenters. The lowest BCUT2D eigenvalue weighted by molar-refractivity contribution is -0.175. The quantitative estimate of drug-likeness (QED) is 0.428. The Kier molecular flexibility index (Phi) is 9.46. The summed E-state index contributed by atoms with van der Waals surface area (Å²) in [6, 6.07) is 0. The first kappa shape index (κ1) is 14.3. The van der Waals surface area contributed by atoms with E-state index in [1.54, 1.807) is 6.92 Å². The minimum absolute atomic E-state index is 0.0650. The molecule has 0 aromatic rings. The highest BCUT2D eigenvalue weighted by molar-refractivity contribution is 5.70. The van der Waals surface area contributed by atoms with Gasteiger partial charge in [0.15, 0.2) is 6.29 Å². The SMILES string of the molecule is CCOC(=O)COCC(OCC)OCC. The molecule has 90 valence electrons. The molecule has 0 heterocycles. The molecule has 0 spiro atoms.